The number of hydrogen-bond donors (Lipinski definition) is 1. The molecule has 0 aliphatic rings. The number of carbonyl (C=O) groups is 1. The Labute approximate surface area is 134 Å². The van der Waals surface area contributed by atoms with Crippen molar-refractivity contribution in [2.24, 2.45) is 0 Å². The minimum Gasteiger partial charge on any atom is -0.448 e. The molecule has 5 nitrogen and oxygen atoms in total. The Hall–Kier alpha value is -0.650. The van der Waals surface area contributed by atoms with Crippen LogP contribution in [0, 0.1) is 0 Å². The van der Waals surface area contributed by atoms with Crippen LogP contribution in [0.5, 0.6) is 0 Å². The lowest BCUT2D eigenvalue weighted by molar-refractivity contribution is -0.197. The van der Waals surface area contributed by atoms with Crippen LogP contribution in [0.4, 0.5) is 13.2 Å². The molecule has 1 aromatic carbocycles. The second kappa shape index (κ2) is 6.63. The van der Waals surface area contributed by atoms with Crippen molar-refractivity contribution >= 4 is 47.9 Å². The van der Waals surface area contributed by atoms with Gasteiger partial charge in [0.05, 0.1) is 5.56 Å². The molecule has 0 radical (unpaired) electrons. The van der Waals surface area contributed by atoms with Crippen molar-refractivity contribution in [3.8, 4) is 0 Å². The second-order valence-corrected chi connectivity index (χ2v) is 7.08. The molecule has 1 rings (SSSR count). The molecule has 1 N–H and O–H groups in total. The third-order valence-electron chi connectivity index (χ3n) is 2.12. The summed E-state index contributed by atoms with van der Waals surface area (Å²) in [6.07, 6.45) is -8.10. The van der Waals surface area contributed by atoms with Gasteiger partial charge in [-0.05, 0) is 34.1 Å². The van der Waals surface area contributed by atoms with E-state index in [2.05, 4.69) is 36.6 Å². The van der Waals surface area contributed by atoms with Gasteiger partial charge in [-0.2, -0.15) is 21.6 Å². The van der Waals surface area contributed by atoms with Gasteiger partial charge in [0.1, 0.15) is 5.75 Å². The van der Waals surface area contributed by atoms with Crippen LogP contribution in [0.2, 0.25) is 0 Å². The van der Waals surface area contributed by atoms with Gasteiger partial charge in [0, 0.05) is 8.95 Å². The van der Waals surface area contributed by atoms with Gasteiger partial charge in [0.25, 0.3) is 10.1 Å². The summed E-state index contributed by atoms with van der Waals surface area (Å²) in [6, 6.07) is 4.12. The van der Waals surface area contributed by atoms with E-state index in [1.807, 2.05) is 0 Å². The van der Waals surface area contributed by atoms with E-state index in [-0.39, 0.29) is 10.0 Å². The maximum atomic E-state index is 12.6. The minimum atomic E-state index is -5.13. The minimum absolute atomic E-state index is 0.170. The van der Waals surface area contributed by atoms with Crippen molar-refractivity contribution in [1.82, 2.24) is 0 Å². The van der Waals surface area contributed by atoms with Crippen molar-refractivity contribution in [3.63, 3.8) is 0 Å². The molecule has 118 valence electrons. The molecule has 0 aliphatic carbocycles. The van der Waals surface area contributed by atoms with Crippen molar-refractivity contribution < 1.29 is 35.7 Å². The number of hydrogen-bond acceptors (Lipinski definition) is 4. The lowest BCUT2D eigenvalue weighted by atomic mass is 10.2. The molecule has 0 fully saturated rings. The highest BCUT2D eigenvalue weighted by atomic mass is 79.9. The number of rotatable bonds is 4. The van der Waals surface area contributed by atoms with Crippen molar-refractivity contribution in [2.75, 3.05) is 5.75 Å². The highest BCUT2D eigenvalue weighted by Crippen LogP contribution is 2.27. The lowest BCUT2D eigenvalue weighted by Gasteiger charge is -2.19. The van der Waals surface area contributed by atoms with Crippen molar-refractivity contribution in [1.29, 1.82) is 0 Å². The third kappa shape index (κ3) is 5.93. The molecule has 0 aliphatic heterocycles. The molecule has 0 saturated heterocycles. The van der Waals surface area contributed by atoms with Gasteiger partial charge in [-0.15, -0.1) is 0 Å². The molecular formula is C10H7Br2F3O5S. The van der Waals surface area contributed by atoms with Crippen LogP contribution in [-0.2, 0) is 14.9 Å². The summed E-state index contributed by atoms with van der Waals surface area (Å²) in [5, 5.41) is 0. The van der Waals surface area contributed by atoms with Crippen LogP contribution >= 0.6 is 31.9 Å². The molecule has 1 unspecified atom stereocenters. The van der Waals surface area contributed by atoms with Crippen LogP contribution in [0.15, 0.2) is 27.1 Å². The Bertz CT molecular complexity index is 645. The molecule has 1 atom stereocenters. The van der Waals surface area contributed by atoms with Crippen LogP contribution in [0.1, 0.15) is 10.4 Å². The fourth-order valence-electron chi connectivity index (χ4n) is 1.23. The van der Waals surface area contributed by atoms with E-state index >= 15 is 0 Å². The third-order valence-corrected chi connectivity index (χ3v) is 4.03. The fraction of sp³-hybridized carbons (Fsp3) is 0.300. The first-order chi connectivity index (χ1) is 9.40. The average molecular weight is 456 g/mol. The zero-order valence-corrected chi connectivity index (χ0v) is 13.9. The normalized spacial score (nSPS) is 13.8. The van der Waals surface area contributed by atoms with Crippen LogP contribution < -0.4 is 0 Å². The summed E-state index contributed by atoms with van der Waals surface area (Å²) < 4.78 is 72.3. The van der Waals surface area contributed by atoms with Gasteiger partial charge in [-0.3, -0.25) is 4.55 Å². The maximum Gasteiger partial charge on any atom is 0.426 e. The van der Waals surface area contributed by atoms with Gasteiger partial charge in [0.15, 0.2) is 0 Å². The first-order valence-electron chi connectivity index (χ1n) is 5.08. The Kier molecular flexibility index (Phi) is 5.81. The summed E-state index contributed by atoms with van der Waals surface area (Å²) in [4.78, 5) is 11.7. The highest BCUT2D eigenvalue weighted by Gasteiger charge is 2.45. The predicted octanol–water partition coefficient (Wildman–Crippen LogP) is 3.19. The number of benzene rings is 1. The number of carbonyl (C=O) groups excluding carboxylic acids is 1. The largest absolute Gasteiger partial charge is 0.448 e. The number of ether oxygens (including phenoxy) is 1. The van der Waals surface area contributed by atoms with E-state index in [4.69, 9.17) is 4.55 Å². The maximum absolute atomic E-state index is 12.6. The van der Waals surface area contributed by atoms with Crippen LogP contribution in [0.3, 0.4) is 0 Å². The van der Waals surface area contributed by atoms with Gasteiger partial charge in [-0.1, -0.05) is 15.9 Å². The Morgan fingerprint density at radius 2 is 1.90 bits per heavy atom. The summed E-state index contributed by atoms with van der Waals surface area (Å²) in [7, 11) is -4.97. The highest BCUT2D eigenvalue weighted by molar-refractivity contribution is 9.11. The topological polar surface area (TPSA) is 80.7 Å². The Morgan fingerprint density at radius 3 is 2.38 bits per heavy atom. The van der Waals surface area contributed by atoms with E-state index in [1.54, 1.807) is 0 Å². The van der Waals surface area contributed by atoms with Gasteiger partial charge in [0.2, 0.25) is 6.10 Å². The van der Waals surface area contributed by atoms with Crippen LogP contribution in [0.25, 0.3) is 0 Å². The van der Waals surface area contributed by atoms with E-state index in [0.717, 1.165) is 0 Å². The zero-order valence-electron chi connectivity index (χ0n) is 9.89. The van der Waals surface area contributed by atoms with E-state index in [9.17, 15) is 26.4 Å². The molecule has 0 spiro atoms. The molecule has 21 heavy (non-hydrogen) atoms. The van der Waals surface area contributed by atoms with E-state index in [1.165, 1.54) is 18.2 Å². The molecule has 0 bridgehead atoms. The standard InChI is InChI=1S/C10H7Br2F3O5S/c11-5-1-2-7(12)6(3-5)9(16)20-8(10(13,14)15)4-21(17,18)19/h1-3,8H,4H2,(H,17,18,19). The molecule has 11 heteroatoms. The first kappa shape index (κ1) is 18.4. The lowest BCUT2D eigenvalue weighted by Crippen LogP contribution is -2.39. The summed E-state index contributed by atoms with van der Waals surface area (Å²) in [5.41, 5.74) is -0.228. The van der Waals surface area contributed by atoms with Crippen molar-refractivity contribution in [3.05, 3.63) is 32.7 Å². The molecule has 1 aromatic rings. The summed E-state index contributed by atoms with van der Waals surface area (Å²) in [5.74, 6) is -3.15. The molecule has 0 aromatic heterocycles. The second-order valence-electron chi connectivity index (χ2n) is 3.81. The molecule has 0 amide bonds. The quantitative estimate of drug-likeness (QED) is 0.557. The molecular weight excluding hydrogens is 449 g/mol. The van der Waals surface area contributed by atoms with Crippen LogP contribution in [-0.4, -0.2) is 37.0 Å². The van der Waals surface area contributed by atoms with Gasteiger partial charge >= 0.3 is 12.1 Å². The number of esters is 1. The van der Waals surface area contributed by atoms with E-state index < -0.39 is 34.1 Å². The SMILES string of the molecule is O=C(OC(CS(=O)(=O)O)C(F)(F)F)c1cc(Br)ccc1Br. The smallest absolute Gasteiger partial charge is 0.426 e. The van der Waals surface area contributed by atoms with Gasteiger partial charge < -0.3 is 4.74 Å². The first-order valence-corrected chi connectivity index (χ1v) is 8.27. The number of halogens is 5. The summed E-state index contributed by atoms with van der Waals surface area (Å²) in [6.45, 7) is 0. The average Bonchev–Trinajstić information content (AvgIpc) is 2.28. The summed E-state index contributed by atoms with van der Waals surface area (Å²) >= 11 is 5.99. The molecule has 0 heterocycles. The fourth-order valence-corrected chi connectivity index (χ4v) is 2.64. The Balaban J connectivity index is 3.03. The Morgan fingerprint density at radius 1 is 1.33 bits per heavy atom. The number of alkyl halides is 3. The monoisotopic (exact) mass is 454 g/mol. The molecule has 0 saturated carbocycles. The van der Waals surface area contributed by atoms with E-state index in [0.29, 0.717) is 4.47 Å². The zero-order chi connectivity index (χ0) is 16.4. The van der Waals surface area contributed by atoms with Crippen molar-refractivity contribution in [2.45, 2.75) is 12.3 Å². The predicted molar refractivity (Wildman–Crippen MR) is 73.5 cm³/mol. The van der Waals surface area contributed by atoms with Gasteiger partial charge in [-0.25, -0.2) is 4.79 Å².